The molecule has 16 heavy (non-hydrogen) atoms. The summed E-state index contributed by atoms with van der Waals surface area (Å²) in [6, 6.07) is 0. The number of carbonyl (C=O) groups is 2. The van der Waals surface area contributed by atoms with Crippen molar-refractivity contribution in [2.24, 2.45) is 0 Å². The summed E-state index contributed by atoms with van der Waals surface area (Å²) in [5.74, 6) is -0.0212. The second kappa shape index (κ2) is 6.09. The van der Waals surface area contributed by atoms with Crippen LogP contribution in [0.1, 0.15) is 39.0 Å². The maximum atomic E-state index is 11.4. The molecule has 0 aromatic carbocycles. The van der Waals surface area contributed by atoms with E-state index in [-0.39, 0.29) is 11.7 Å². The van der Waals surface area contributed by atoms with Gasteiger partial charge in [0.05, 0.1) is 18.0 Å². The average molecular weight is 248 g/mol. The first-order valence-corrected chi connectivity index (χ1v) is 6.18. The van der Waals surface area contributed by atoms with E-state index in [4.69, 9.17) is 16.3 Å². The fourth-order valence-corrected chi connectivity index (χ4v) is 2.30. The predicted molar refractivity (Wildman–Crippen MR) is 61.7 cm³/mol. The topological polar surface area (TPSA) is 55.4 Å². The zero-order valence-corrected chi connectivity index (χ0v) is 10.3. The van der Waals surface area contributed by atoms with E-state index in [1.165, 1.54) is 0 Å². The van der Waals surface area contributed by atoms with Gasteiger partial charge in [-0.1, -0.05) is 12.8 Å². The van der Waals surface area contributed by atoms with Crippen molar-refractivity contribution in [1.29, 1.82) is 0 Å². The number of halogens is 1. The molecule has 0 saturated heterocycles. The minimum absolute atomic E-state index is 0.00621. The van der Waals surface area contributed by atoms with E-state index in [1.807, 2.05) is 0 Å². The molecular formula is C11H18ClNO3. The van der Waals surface area contributed by atoms with Gasteiger partial charge >= 0.3 is 6.09 Å². The molecule has 5 heteroatoms. The molecule has 4 nitrogen and oxygen atoms in total. The fraction of sp³-hybridized carbons (Fsp3) is 0.818. The molecule has 1 amide bonds. The average Bonchev–Trinajstić information content (AvgIpc) is 2.66. The van der Waals surface area contributed by atoms with Crippen LogP contribution < -0.4 is 5.32 Å². The van der Waals surface area contributed by atoms with Crippen molar-refractivity contribution in [3.05, 3.63) is 0 Å². The highest BCUT2D eigenvalue weighted by Gasteiger charge is 2.37. The number of alkyl halides is 1. The Morgan fingerprint density at radius 3 is 2.50 bits per heavy atom. The van der Waals surface area contributed by atoms with Gasteiger partial charge in [0.2, 0.25) is 0 Å². The van der Waals surface area contributed by atoms with Crippen LogP contribution in [0.3, 0.4) is 0 Å². The van der Waals surface area contributed by atoms with E-state index in [0.717, 1.165) is 25.7 Å². The molecule has 1 aliphatic rings. The summed E-state index contributed by atoms with van der Waals surface area (Å²) < 4.78 is 4.85. The minimum atomic E-state index is -0.438. The molecule has 0 radical (unpaired) electrons. The number of amides is 1. The maximum absolute atomic E-state index is 11.4. The number of ether oxygens (including phenoxy) is 1. The molecule has 0 atom stereocenters. The Morgan fingerprint density at radius 1 is 1.38 bits per heavy atom. The second-order valence-corrected chi connectivity index (χ2v) is 4.45. The minimum Gasteiger partial charge on any atom is -0.450 e. The van der Waals surface area contributed by atoms with Crippen LogP contribution in [0.15, 0.2) is 0 Å². The number of carbonyl (C=O) groups excluding carboxylic acids is 2. The van der Waals surface area contributed by atoms with Gasteiger partial charge in [-0.2, -0.15) is 0 Å². The zero-order valence-electron chi connectivity index (χ0n) is 9.55. The summed E-state index contributed by atoms with van der Waals surface area (Å²) >= 11 is 5.50. The van der Waals surface area contributed by atoms with E-state index in [1.54, 1.807) is 6.92 Å². The number of alkyl carbamates (subject to hydrolysis) is 1. The first-order chi connectivity index (χ1) is 7.62. The van der Waals surface area contributed by atoms with Crippen LogP contribution in [0.25, 0.3) is 0 Å². The standard InChI is InChI=1S/C11H18ClNO3/c1-2-16-10(15)13-11(5-3-4-6-11)7-9(14)8-12/h2-8H2,1H3,(H,13,15). The van der Waals surface area contributed by atoms with Crippen LogP contribution in [0.2, 0.25) is 0 Å². The van der Waals surface area contributed by atoms with Gasteiger partial charge < -0.3 is 10.1 Å². The van der Waals surface area contributed by atoms with Crippen LogP contribution in [0, 0.1) is 0 Å². The second-order valence-electron chi connectivity index (χ2n) is 4.18. The van der Waals surface area contributed by atoms with Crippen LogP contribution >= 0.6 is 11.6 Å². The van der Waals surface area contributed by atoms with E-state index in [9.17, 15) is 9.59 Å². The Labute approximate surface area is 101 Å². The normalized spacial score (nSPS) is 18.1. The Kier molecular flexibility index (Phi) is 5.06. The summed E-state index contributed by atoms with van der Waals surface area (Å²) in [7, 11) is 0. The van der Waals surface area contributed by atoms with Gasteiger partial charge in [0.1, 0.15) is 5.78 Å². The number of Topliss-reactive ketones (excluding diaryl/α,β-unsaturated/α-hetero) is 1. The molecule has 1 saturated carbocycles. The van der Waals surface area contributed by atoms with Crippen molar-refractivity contribution in [2.45, 2.75) is 44.6 Å². The summed E-state index contributed by atoms with van der Waals surface area (Å²) in [5.41, 5.74) is -0.418. The molecule has 0 aliphatic heterocycles. The Morgan fingerprint density at radius 2 is 2.00 bits per heavy atom. The molecule has 0 aromatic heterocycles. The lowest BCUT2D eigenvalue weighted by atomic mass is 9.91. The molecule has 1 N–H and O–H groups in total. The number of ketones is 1. The van der Waals surface area contributed by atoms with Crippen LogP contribution in [-0.2, 0) is 9.53 Å². The highest BCUT2D eigenvalue weighted by Crippen LogP contribution is 2.33. The van der Waals surface area contributed by atoms with Gasteiger partial charge in [-0.15, -0.1) is 11.6 Å². The lowest BCUT2D eigenvalue weighted by molar-refractivity contribution is -0.118. The van der Waals surface area contributed by atoms with Gasteiger partial charge in [-0.3, -0.25) is 4.79 Å². The molecule has 0 aromatic rings. The van der Waals surface area contributed by atoms with Crippen molar-refractivity contribution >= 4 is 23.5 Å². The van der Waals surface area contributed by atoms with E-state index < -0.39 is 11.6 Å². The van der Waals surface area contributed by atoms with Crippen LogP contribution in [-0.4, -0.2) is 29.9 Å². The first-order valence-electron chi connectivity index (χ1n) is 5.64. The van der Waals surface area contributed by atoms with E-state index in [0.29, 0.717) is 13.0 Å². The number of hydrogen-bond donors (Lipinski definition) is 1. The van der Waals surface area contributed by atoms with Crippen LogP contribution in [0.4, 0.5) is 4.79 Å². The Balaban J connectivity index is 2.58. The van der Waals surface area contributed by atoms with Gasteiger partial charge in [0.15, 0.2) is 0 Å². The Bertz CT molecular complexity index is 262. The summed E-state index contributed by atoms with van der Waals surface area (Å²) in [6.45, 7) is 2.09. The lowest BCUT2D eigenvalue weighted by Gasteiger charge is -2.28. The predicted octanol–water partition coefficient (Wildman–Crippen LogP) is 2.24. The first kappa shape index (κ1) is 13.3. The summed E-state index contributed by atoms with van der Waals surface area (Å²) in [4.78, 5) is 22.8. The third-order valence-electron chi connectivity index (χ3n) is 2.89. The highest BCUT2D eigenvalue weighted by atomic mass is 35.5. The molecule has 0 spiro atoms. The van der Waals surface area contributed by atoms with E-state index >= 15 is 0 Å². The molecular weight excluding hydrogens is 230 g/mol. The molecule has 1 fully saturated rings. The van der Waals surface area contributed by atoms with E-state index in [2.05, 4.69) is 5.32 Å². The quantitative estimate of drug-likeness (QED) is 0.758. The number of hydrogen-bond acceptors (Lipinski definition) is 3. The SMILES string of the molecule is CCOC(=O)NC1(CC(=O)CCl)CCCC1. The van der Waals surface area contributed by atoms with Gasteiger partial charge in [-0.25, -0.2) is 4.79 Å². The van der Waals surface area contributed by atoms with Crippen molar-refractivity contribution < 1.29 is 14.3 Å². The largest absolute Gasteiger partial charge is 0.450 e. The van der Waals surface area contributed by atoms with Crippen molar-refractivity contribution in [3.63, 3.8) is 0 Å². The number of nitrogens with one attached hydrogen (secondary N) is 1. The molecule has 92 valence electrons. The van der Waals surface area contributed by atoms with Gasteiger partial charge in [0, 0.05) is 6.42 Å². The molecule has 1 aliphatic carbocycles. The number of rotatable bonds is 5. The molecule has 0 unspecified atom stereocenters. The van der Waals surface area contributed by atoms with Gasteiger partial charge in [0.25, 0.3) is 0 Å². The maximum Gasteiger partial charge on any atom is 0.407 e. The zero-order chi connectivity index (χ0) is 12.0. The molecule has 0 bridgehead atoms. The van der Waals surface area contributed by atoms with Crippen molar-refractivity contribution in [3.8, 4) is 0 Å². The third kappa shape index (κ3) is 3.67. The van der Waals surface area contributed by atoms with Crippen molar-refractivity contribution in [2.75, 3.05) is 12.5 Å². The summed E-state index contributed by atoms with van der Waals surface area (Å²) in [6.07, 6.45) is 3.59. The molecule has 1 rings (SSSR count). The summed E-state index contributed by atoms with van der Waals surface area (Å²) in [5, 5.41) is 2.82. The van der Waals surface area contributed by atoms with Crippen LogP contribution in [0.5, 0.6) is 0 Å². The fourth-order valence-electron chi connectivity index (χ4n) is 2.21. The Hall–Kier alpha value is -0.770. The lowest BCUT2D eigenvalue weighted by Crippen LogP contribution is -2.48. The molecule has 0 heterocycles. The van der Waals surface area contributed by atoms with Gasteiger partial charge in [-0.05, 0) is 19.8 Å². The van der Waals surface area contributed by atoms with Crippen molar-refractivity contribution in [1.82, 2.24) is 5.32 Å². The monoisotopic (exact) mass is 247 g/mol. The third-order valence-corrected chi connectivity index (χ3v) is 3.19. The highest BCUT2D eigenvalue weighted by molar-refractivity contribution is 6.27. The smallest absolute Gasteiger partial charge is 0.407 e.